The molecular formula is C14H27N3. The summed E-state index contributed by atoms with van der Waals surface area (Å²) in [5.41, 5.74) is 3.42. The van der Waals surface area contributed by atoms with Gasteiger partial charge in [-0.2, -0.15) is 0 Å². The quantitative estimate of drug-likeness (QED) is 0.791. The number of hydrogen-bond acceptors (Lipinski definition) is 3. The van der Waals surface area contributed by atoms with E-state index in [2.05, 4.69) is 48.4 Å². The van der Waals surface area contributed by atoms with Gasteiger partial charge in [0.15, 0.2) is 0 Å². The summed E-state index contributed by atoms with van der Waals surface area (Å²) in [6.45, 7) is 10.5. The van der Waals surface area contributed by atoms with Gasteiger partial charge in [0.25, 0.3) is 0 Å². The maximum Gasteiger partial charge on any atom is 0.0448 e. The second-order valence-electron chi connectivity index (χ2n) is 5.70. The average Bonchev–Trinajstić information content (AvgIpc) is 2.96. The first kappa shape index (κ1) is 12.9. The van der Waals surface area contributed by atoms with Gasteiger partial charge in [-0.25, -0.2) is 5.43 Å². The van der Waals surface area contributed by atoms with E-state index in [1.54, 1.807) is 0 Å². The number of rotatable bonds is 5. The Morgan fingerprint density at radius 1 is 1.41 bits per heavy atom. The summed E-state index contributed by atoms with van der Waals surface area (Å²) in [6, 6.07) is 1.38. The van der Waals surface area contributed by atoms with Crippen molar-refractivity contribution in [3.05, 3.63) is 12.3 Å². The first-order chi connectivity index (χ1) is 8.20. The van der Waals surface area contributed by atoms with E-state index in [1.807, 2.05) is 0 Å². The average molecular weight is 237 g/mol. The van der Waals surface area contributed by atoms with Gasteiger partial charge < -0.3 is 9.91 Å². The third kappa shape index (κ3) is 3.23. The molecule has 0 aliphatic carbocycles. The van der Waals surface area contributed by atoms with Crippen molar-refractivity contribution < 1.29 is 0 Å². The molecule has 2 rings (SSSR count). The van der Waals surface area contributed by atoms with Crippen molar-refractivity contribution in [3.63, 3.8) is 0 Å². The number of nitrogens with zero attached hydrogens (tertiary/aromatic N) is 2. The van der Waals surface area contributed by atoms with Crippen LogP contribution in [-0.4, -0.2) is 41.6 Å². The van der Waals surface area contributed by atoms with Gasteiger partial charge in [-0.3, -0.25) is 0 Å². The zero-order valence-electron chi connectivity index (χ0n) is 11.5. The highest BCUT2D eigenvalue weighted by molar-refractivity contribution is 4.93. The van der Waals surface area contributed by atoms with Crippen LogP contribution < -0.4 is 5.43 Å². The fraction of sp³-hybridized carbons (Fsp3) is 0.857. The van der Waals surface area contributed by atoms with Gasteiger partial charge in [0.1, 0.15) is 0 Å². The Morgan fingerprint density at radius 2 is 2.24 bits per heavy atom. The molecule has 0 spiro atoms. The molecule has 0 radical (unpaired) electrons. The molecule has 1 fully saturated rings. The topological polar surface area (TPSA) is 18.5 Å². The lowest BCUT2D eigenvalue weighted by Gasteiger charge is -2.29. The van der Waals surface area contributed by atoms with E-state index in [0.29, 0.717) is 12.1 Å². The zero-order valence-corrected chi connectivity index (χ0v) is 11.5. The molecule has 3 nitrogen and oxygen atoms in total. The third-order valence-electron chi connectivity index (χ3n) is 4.18. The Kier molecular flexibility index (Phi) is 4.46. The molecule has 0 bridgehead atoms. The predicted molar refractivity (Wildman–Crippen MR) is 72.5 cm³/mol. The molecule has 2 aliphatic heterocycles. The highest BCUT2D eigenvalue weighted by Crippen LogP contribution is 2.25. The highest BCUT2D eigenvalue weighted by Gasteiger charge is 2.27. The number of hydrazine groups is 1. The Hall–Kier alpha value is -0.540. The van der Waals surface area contributed by atoms with Crippen molar-refractivity contribution in [1.82, 2.24) is 15.3 Å². The Morgan fingerprint density at radius 3 is 2.76 bits per heavy atom. The van der Waals surface area contributed by atoms with E-state index in [1.165, 1.54) is 32.4 Å². The van der Waals surface area contributed by atoms with E-state index in [9.17, 15) is 0 Å². The number of likely N-dealkylation sites (tertiary alicyclic amines) is 1. The standard InChI is InChI=1S/C14H27N3/c1-4-14(17-8-5-7-15-17)10-13-6-9-16(11-13)12(2)3/h5,8,12-15H,4,6-7,9-11H2,1-3H3. The van der Waals surface area contributed by atoms with E-state index in [4.69, 9.17) is 0 Å². The van der Waals surface area contributed by atoms with Crippen LogP contribution in [0.1, 0.15) is 40.0 Å². The molecule has 2 aliphatic rings. The molecule has 3 heteroatoms. The van der Waals surface area contributed by atoms with Crippen LogP contribution in [0.15, 0.2) is 12.3 Å². The fourth-order valence-corrected chi connectivity index (χ4v) is 3.01. The molecule has 2 unspecified atom stereocenters. The van der Waals surface area contributed by atoms with Gasteiger partial charge >= 0.3 is 0 Å². The van der Waals surface area contributed by atoms with Crippen LogP contribution in [0.3, 0.4) is 0 Å². The maximum atomic E-state index is 3.42. The van der Waals surface area contributed by atoms with Gasteiger partial charge in [0.2, 0.25) is 0 Å². The summed E-state index contributed by atoms with van der Waals surface area (Å²) in [6.07, 6.45) is 8.36. The number of nitrogens with one attached hydrogen (secondary N) is 1. The van der Waals surface area contributed by atoms with Gasteiger partial charge in [-0.05, 0) is 45.6 Å². The van der Waals surface area contributed by atoms with Crippen molar-refractivity contribution in [2.24, 2.45) is 5.92 Å². The van der Waals surface area contributed by atoms with Crippen molar-refractivity contribution in [2.45, 2.75) is 52.1 Å². The van der Waals surface area contributed by atoms with Gasteiger partial charge in [0, 0.05) is 31.4 Å². The fourth-order valence-electron chi connectivity index (χ4n) is 3.01. The van der Waals surface area contributed by atoms with Gasteiger partial charge in [-0.1, -0.05) is 13.0 Å². The highest BCUT2D eigenvalue weighted by atomic mass is 15.5. The molecule has 0 aromatic carbocycles. The second kappa shape index (κ2) is 5.87. The van der Waals surface area contributed by atoms with Crippen LogP contribution in [0.2, 0.25) is 0 Å². The minimum absolute atomic E-state index is 0.672. The minimum Gasteiger partial charge on any atom is -0.313 e. The lowest BCUT2D eigenvalue weighted by atomic mass is 9.97. The summed E-state index contributed by atoms with van der Waals surface area (Å²) >= 11 is 0. The van der Waals surface area contributed by atoms with E-state index in [0.717, 1.165) is 12.5 Å². The molecule has 2 atom stereocenters. The number of hydrogen-bond donors (Lipinski definition) is 1. The lowest BCUT2D eigenvalue weighted by Crippen LogP contribution is -2.39. The van der Waals surface area contributed by atoms with Gasteiger partial charge in [0.05, 0.1) is 0 Å². The minimum atomic E-state index is 0.672. The lowest BCUT2D eigenvalue weighted by molar-refractivity contribution is 0.178. The van der Waals surface area contributed by atoms with Crippen LogP contribution in [0, 0.1) is 5.92 Å². The maximum absolute atomic E-state index is 3.42. The Bertz CT molecular complexity index is 262. The monoisotopic (exact) mass is 237 g/mol. The van der Waals surface area contributed by atoms with Crippen LogP contribution >= 0.6 is 0 Å². The molecule has 0 aromatic rings. The molecule has 17 heavy (non-hydrogen) atoms. The Labute approximate surface area is 106 Å². The molecular weight excluding hydrogens is 210 g/mol. The first-order valence-electron chi connectivity index (χ1n) is 7.13. The molecule has 0 amide bonds. The molecule has 98 valence electrons. The van der Waals surface area contributed by atoms with E-state index >= 15 is 0 Å². The van der Waals surface area contributed by atoms with Crippen molar-refractivity contribution in [2.75, 3.05) is 19.6 Å². The van der Waals surface area contributed by atoms with Crippen LogP contribution in [0.5, 0.6) is 0 Å². The Balaban J connectivity index is 1.81. The second-order valence-corrected chi connectivity index (χ2v) is 5.70. The summed E-state index contributed by atoms with van der Waals surface area (Å²) in [5, 5.41) is 2.32. The largest absolute Gasteiger partial charge is 0.313 e. The summed E-state index contributed by atoms with van der Waals surface area (Å²) in [5.74, 6) is 0.887. The summed E-state index contributed by atoms with van der Waals surface area (Å²) in [7, 11) is 0. The normalized spacial score (nSPS) is 27.3. The van der Waals surface area contributed by atoms with Crippen molar-refractivity contribution in [3.8, 4) is 0 Å². The van der Waals surface area contributed by atoms with E-state index in [-0.39, 0.29) is 0 Å². The smallest absolute Gasteiger partial charge is 0.0448 e. The molecule has 0 aromatic heterocycles. The molecule has 1 saturated heterocycles. The predicted octanol–water partition coefficient (Wildman–Crippen LogP) is 2.22. The van der Waals surface area contributed by atoms with Crippen molar-refractivity contribution in [1.29, 1.82) is 0 Å². The summed E-state index contributed by atoms with van der Waals surface area (Å²) < 4.78 is 0. The molecule has 1 N–H and O–H groups in total. The van der Waals surface area contributed by atoms with Crippen LogP contribution in [0.4, 0.5) is 0 Å². The molecule has 2 heterocycles. The van der Waals surface area contributed by atoms with Crippen LogP contribution in [-0.2, 0) is 0 Å². The summed E-state index contributed by atoms with van der Waals surface area (Å²) in [4.78, 5) is 2.62. The third-order valence-corrected chi connectivity index (χ3v) is 4.18. The first-order valence-corrected chi connectivity index (χ1v) is 7.13. The zero-order chi connectivity index (χ0) is 12.3. The SMILES string of the molecule is CCC(CC1CCN(C(C)C)C1)N1C=CCN1. The van der Waals surface area contributed by atoms with E-state index < -0.39 is 0 Å². The van der Waals surface area contributed by atoms with Crippen molar-refractivity contribution >= 4 is 0 Å². The van der Waals surface area contributed by atoms with Crippen LogP contribution in [0.25, 0.3) is 0 Å². The van der Waals surface area contributed by atoms with Gasteiger partial charge in [-0.15, -0.1) is 0 Å². The molecule has 0 saturated carbocycles.